The van der Waals surface area contributed by atoms with Crippen molar-refractivity contribution < 1.29 is 14.4 Å². The molecule has 2 N–H and O–H groups in total. The molecule has 2 heterocycles. The summed E-state index contributed by atoms with van der Waals surface area (Å²) < 4.78 is 0. The van der Waals surface area contributed by atoms with Gasteiger partial charge in [0.15, 0.2) is 0 Å². The van der Waals surface area contributed by atoms with Gasteiger partial charge in [-0.2, -0.15) is 0 Å². The standard InChI is InChI=1S/C26H20N4O4/c31-23(14-6-13-22-28-21-12-4-3-11-20(21)24(32)29-22)27-16-7-5-8-17(15-16)30-25(33)18-9-1-2-10-19(18)26(30)34/h1-5,7-12,15H,6,13-14H2,(H,27,31)(H,28,29,32). The molecule has 1 aliphatic heterocycles. The number of imide groups is 1. The number of carbonyl (C=O) groups excluding carboxylic acids is 3. The topological polar surface area (TPSA) is 112 Å². The molecular formula is C26H20N4O4. The van der Waals surface area contributed by atoms with Crippen molar-refractivity contribution in [2.45, 2.75) is 19.3 Å². The van der Waals surface area contributed by atoms with Crippen LogP contribution in [0.5, 0.6) is 0 Å². The third-order valence-electron chi connectivity index (χ3n) is 5.66. The molecule has 0 bridgehead atoms. The lowest BCUT2D eigenvalue weighted by molar-refractivity contribution is -0.116. The first-order valence-electron chi connectivity index (χ1n) is 10.9. The number of hydrogen-bond acceptors (Lipinski definition) is 5. The monoisotopic (exact) mass is 452 g/mol. The summed E-state index contributed by atoms with van der Waals surface area (Å²) in [4.78, 5) is 58.4. The molecule has 0 saturated carbocycles. The minimum absolute atomic E-state index is 0.199. The lowest BCUT2D eigenvalue weighted by Gasteiger charge is -2.15. The lowest BCUT2D eigenvalue weighted by Crippen LogP contribution is -2.29. The smallest absolute Gasteiger partial charge is 0.266 e. The molecular weight excluding hydrogens is 432 g/mol. The molecule has 8 nitrogen and oxygen atoms in total. The van der Waals surface area contributed by atoms with E-state index in [0.717, 1.165) is 4.90 Å². The number of amides is 3. The number of hydrogen-bond donors (Lipinski definition) is 2. The predicted octanol–water partition coefficient (Wildman–Crippen LogP) is 3.69. The molecule has 0 radical (unpaired) electrons. The van der Waals surface area contributed by atoms with Crippen LogP contribution >= 0.6 is 0 Å². The molecule has 0 aliphatic carbocycles. The zero-order valence-corrected chi connectivity index (χ0v) is 18.1. The first kappa shape index (κ1) is 21.3. The second-order valence-corrected chi connectivity index (χ2v) is 7.97. The molecule has 34 heavy (non-hydrogen) atoms. The van der Waals surface area contributed by atoms with Gasteiger partial charge in [0, 0.05) is 18.5 Å². The number of benzene rings is 3. The second-order valence-electron chi connectivity index (χ2n) is 7.97. The van der Waals surface area contributed by atoms with Gasteiger partial charge in [0.1, 0.15) is 5.82 Å². The van der Waals surface area contributed by atoms with E-state index in [1.165, 1.54) is 0 Å². The number of H-pyrrole nitrogens is 1. The third kappa shape index (κ3) is 3.97. The molecule has 1 aromatic heterocycles. The molecule has 8 heteroatoms. The summed E-state index contributed by atoms with van der Waals surface area (Å²) in [5, 5.41) is 3.33. The van der Waals surface area contributed by atoms with Crippen molar-refractivity contribution in [2.24, 2.45) is 0 Å². The summed E-state index contributed by atoms with van der Waals surface area (Å²) >= 11 is 0. The van der Waals surface area contributed by atoms with E-state index >= 15 is 0 Å². The predicted molar refractivity (Wildman–Crippen MR) is 128 cm³/mol. The molecule has 0 atom stereocenters. The number of para-hydroxylation sites is 1. The Kier molecular flexibility index (Phi) is 5.47. The summed E-state index contributed by atoms with van der Waals surface area (Å²) in [6, 6.07) is 20.4. The maximum atomic E-state index is 12.7. The highest BCUT2D eigenvalue weighted by molar-refractivity contribution is 6.34. The Hall–Kier alpha value is -4.59. The largest absolute Gasteiger partial charge is 0.326 e. The van der Waals surface area contributed by atoms with E-state index in [9.17, 15) is 19.2 Å². The van der Waals surface area contributed by atoms with Crippen LogP contribution < -0.4 is 15.8 Å². The van der Waals surface area contributed by atoms with Crippen molar-refractivity contribution in [3.05, 3.63) is 100 Å². The van der Waals surface area contributed by atoms with Crippen LogP contribution in [0.4, 0.5) is 11.4 Å². The van der Waals surface area contributed by atoms with Gasteiger partial charge in [0.2, 0.25) is 5.91 Å². The second kappa shape index (κ2) is 8.74. The fourth-order valence-corrected chi connectivity index (χ4v) is 4.04. The van der Waals surface area contributed by atoms with Crippen molar-refractivity contribution in [1.82, 2.24) is 9.97 Å². The van der Waals surface area contributed by atoms with E-state index in [2.05, 4.69) is 15.3 Å². The van der Waals surface area contributed by atoms with Crippen LogP contribution in [-0.4, -0.2) is 27.7 Å². The van der Waals surface area contributed by atoms with Gasteiger partial charge in [-0.3, -0.25) is 19.2 Å². The molecule has 4 aromatic rings. The highest BCUT2D eigenvalue weighted by atomic mass is 16.2. The highest BCUT2D eigenvalue weighted by Gasteiger charge is 2.36. The molecule has 3 amide bonds. The Balaban J connectivity index is 1.22. The lowest BCUT2D eigenvalue weighted by atomic mass is 10.1. The Bertz CT molecular complexity index is 1470. The molecule has 3 aromatic carbocycles. The number of carbonyl (C=O) groups is 3. The normalized spacial score (nSPS) is 12.8. The summed E-state index contributed by atoms with van der Waals surface area (Å²) in [5.41, 5.74) is 2.02. The van der Waals surface area contributed by atoms with E-state index in [1.807, 2.05) is 6.07 Å². The first-order valence-corrected chi connectivity index (χ1v) is 10.9. The van der Waals surface area contributed by atoms with Crippen LogP contribution in [0.1, 0.15) is 39.4 Å². The van der Waals surface area contributed by atoms with Gasteiger partial charge in [-0.05, 0) is 48.9 Å². The van der Waals surface area contributed by atoms with Gasteiger partial charge >= 0.3 is 0 Å². The SMILES string of the molecule is O=C(CCCc1nc2ccccc2c(=O)[nH]1)Nc1cccc(N2C(=O)c3ccccc3C2=O)c1. The van der Waals surface area contributed by atoms with Crippen LogP contribution in [0.3, 0.4) is 0 Å². The summed E-state index contributed by atoms with van der Waals surface area (Å²) in [7, 11) is 0. The molecule has 0 spiro atoms. The van der Waals surface area contributed by atoms with E-state index in [-0.39, 0.29) is 29.7 Å². The number of aromatic nitrogens is 2. The maximum Gasteiger partial charge on any atom is 0.266 e. The maximum absolute atomic E-state index is 12.7. The number of aryl methyl sites for hydroxylation is 1. The first-order chi connectivity index (χ1) is 16.5. The van der Waals surface area contributed by atoms with Gasteiger partial charge in [0.05, 0.1) is 27.7 Å². The fourth-order valence-electron chi connectivity index (χ4n) is 4.04. The Morgan fingerprint density at radius 3 is 2.35 bits per heavy atom. The van der Waals surface area contributed by atoms with Gasteiger partial charge in [-0.25, -0.2) is 9.88 Å². The van der Waals surface area contributed by atoms with Crippen molar-refractivity contribution in [1.29, 1.82) is 0 Å². The van der Waals surface area contributed by atoms with Gasteiger partial charge in [0.25, 0.3) is 17.4 Å². The zero-order chi connectivity index (χ0) is 23.7. The zero-order valence-electron chi connectivity index (χ0n) is 18.1. The van der Waals surface area contributed by atoms with Crippen LogP contribution in [0.2, 0.25) is 0 Å². The van der Waals surface area contributed by atoms with Crippen molar-refractivity contribution >= 4 is 40.0 Å². The summed E-state index contributed by atoms with van der Waals surface area (Å²) in [6.07, 6.45) is 1.15. The number of anilines is 2. The molecule has 168 valence electrons. The van der Waals surface area contributed by atoms with E-state index in [0.29, 0.717) is 52.1 Å². The molecule has 0 fully saturated rings. The Morgan fingerprint density at radius 1 is 0.882 bits per heavy atom. The van der Waals surface area contributed by atoms with Gasteiger partial charge < -0.3 is 10.3 Å². The molecule has 0 unspecified atom stereocenters. The Labute approximate surface area is 194 Å². The number of nitrogens with zero attached hydrogens (tertiary/aromatic N) is 2. The highest BCUT2D eigenvalue weighted by Crippen LogP contribution is 2.29. The molecule has 5 rings (SSSR count). The molecule has 0 saturated heterocycles. The fraction of sp³-hybridized carbons (Fsp3) is 0.115. The molecule has 1 aliphatic rings. The summed E-state index contributed by atoms with van der Waals surface area (Å²) in [6.45, 7) is 0. The third-order valence-corrected chi connectivity index (χ3v) is 5.66. The van der Waals surface area contributed by atoms with Crippen LogP contribution in [0.15, 0.2) is 77.6 Å². The minimum Gasteiger partial charge on any atom is -0.326 e. The minimum atomic E-state index is -0.388. The average Bonchev–Trinajstić information content (AvgIpc) is 3.09. The van der Waals surface area contributed by atoms with Crippen LogP contribution in [0.25, 0.3) is 10.9 Å². The quantitative estimate of drug-likeness (QED) is 0.434. The van der Waals surface area contributed by atoms with E-state index in [4.69, 9.17) is 0 Å². The summed E-state index contributed by atoms with van der Waals surface area (Å²) in [5.74, 6) is -0.464. The average molecular weight is 452 g/mol. The van der Waals surface area contributed by atoms with Crippen molar-refractivity contribution in [2.75, 3.05) is 10.2 Å². The number of nitrogens with one attached hydrogen (secondary N) is 2. The van der Waals surface area contributed by atoms with Gasteiger partial charge in [-0.1, -0.05) is 30.3 Å². The number of rotatable bonds is 6. The Morgan fingerprint density at radius 2 is 1.59 bits per heavy atom. The number of fused-ring (bicyclic) bond motifs is 2. The number of aromatic amines is 1. The van der Waals surface area contributed by atoms with E-state index < -0.39 is 0 Å². The van der Waals surface area contributed by atoms with Crippen LogP contribution in [0, 0.1) is 0 Å². The van der Waals surface area contributed by atoms with E-state index in [1.54, 1.807) is 66.7 Å². The van der Waals surface area contributed by atoms with Crippen molar-refractivity contribution in [3.63, 3.8) is 0 Å². The van der Waals surface area contributed by atoms with Crippen LogP contribution in [-0.2, 0) is 11.2 Å². The van der Waals surface area contributed by atoms with Gasteiger partial charge in [-0.15, -0.1) is 0 Å². The van der Waals surface area contributed by atoms with Crippen molar-refractivity contribution in [3.8, 4) is 0 Å².